The predicted octanol–water partition coefficient (Wildman–Crippen LogP) is 2.85. The number of rotatable bonds is 4. The Morgan fingerprint density at radius 3 is 2.59 bits per heavy atom. The van der Waals surface area contributed by atoms with Crippen molar-refractivity contribution in [2.24, 2.45) is 5.92 Å². The molecule has 0 aliphatic carbocycles. The molecular formula is C17H15ClN2O2. The maximum Gasteiger partial charge on any atom is 0.233 e. The highest BCUT2D eigenvalue weighted by Gasteiger charge is 2.38. The fourth-order valence-electron chi connectivity index (χ4n) is 2.66. The molecule has 1 aliphatic heterocycles. The molecule has 0 radical (unpaired) electrons. The highest BCUT2D eigenvalue weighted by atomic mass is 35.5. The largest absolute Gasteiger partial charge is 0.278 e. The summed E-state index contributed by atoms with van der Waals surface area (Å²) < 4.78 is 0. The molecule has 1 aromatic heterocycles. The molecule has 1 aromatic carbocycles. The number of hydrogen-bond acceptors (Lipinski definition) is 3. The lowest BCUT2D eigenvalue weighted by Crippen LogP contribution is -2.30. The second-order valence-electron chi connectivity index (χ2n) is 5.41. The van der Waals surface area contributed by atoms with Gasteiger partial charge in [0, 0.05) is 23.8 Å². The van der Waals surface area contributed by atoms with E-state index in [1.165, 1.54) is 4.90 Å². The summed E-state index contributed by atoms with van der Waals surface area (Å²) in [5.41, 5.74) is 1.87. The molecule has 1 saturated heterocycles. The lowest BCUT2D eigenvalue weighted by atomic mass is 9.98. The van der Waals surface area contributed by atoms with E-state index in [0.717, 1.165) is 11.1 Å². The number of likely N-dealkylation sites (tertiary alicyclic amines) is 1. The molecule has 2 amide bonds. The second-order valence-corrected chi connectivity index (χ2v) is 5.85. The quantitative estimate of drug-likeness (QED) is 0.815. The van der Waals surface area contributed by atoms with Crippen LogP contribution in [0.15, 0.2) is 48.8 Å². The molecule has 3 rings (SSSR count). The summed E-state index contributed by atoms with van der Waals surface area (Å²) in [5, 5.41) is 0.663. The van der Waals surface area contributed by atoms with Gasteiger partial charge in [0.15, 0.2) is 0 Å². The number of benzene rings is 1. The minimum absolute atomic E-state index is 0.108. The molecule has 1 unspecified atom stereocenters. The van der Waals surface area contributed by atoms with Crippen molar-refractivity contribution in [3.63, 3.8) is 0 Å². The fraction of sp³-hybridized carbons (Fsp3) is 0.235. The van der Waals surface area contributed by atoms with Gasteiger partial charge >= 0.3 is 0 Å². The Bertz CT molecular complexity index is 686. The lowest BCUT2D eigenvalue weighted by molar-refractivity contribution is -0.140. The van der Waals surface area contributed by atoms with Crippen molar-refractivity contribution in [1.29, 1.82) is 0 Å². The Morgan fingerprint density at radius 1 is 1.14 bits per heavy atom. The van der Waals surface area contributed by atoms with Crippen LogP contribution in [0.5, 0.6) is 0 Å². The zero-order valence-corrected chi connectivity index (χ0v) is 12.7. The van der Waals surface area contributed by atoms with Gasteiger partial charge in [0.1, 0.15) is 0 Å². The van der Waals surface area contributed by atoms with Crippen molar-refractivity contribution in [3.8, 4) is 0 Å². The third-order valence-corrected chi connectivity index (χ3v) is 4.05. The van der Waals surface area contributed by atoms with Crippen molar-refractivity contribution in [1.82, 2.24) is 9.88 Å². The van der Waals surface area contributed by atoms with Crippen LogP contribution in [-0.4, -0.2) is 21.7 Å². The normalized spacial score (nSPS) is 18.0. The number of nitrogens with zero attached hydrogens (tertiary/aromatic N) is 2. The third kappa shape index (κ3) is 3.17. The number of hydrogen-bond donors (Lipinski definition) is 0. The monoisotopic (exact) mass is 314 g/mol. The zero-order chi connectivity index (χ0) is 15.5. The fourth-order valence-corrected chi connectivity index (χ4v) is 2.78. The maximum atomic E-state index is 12.5. The van der Waals surface area contributed by atoms with Crippen molar-refractivity contribution in [3.05, 3.63) is 64.9 Å². The van der Waals surface area contributed by atoms with Crippen molar-refractivity contribution < 1.29 is 9.59 Å². The predicted molar refractivity (Wildman–Crippen MR) is 83.1 cm³/mol. The SMILES string of the molecule is O=C1CC(Cc2ccc(Cl)cc2)C(=O)N1Cc1cccnc1. The van der Waals surface area contributed by atoms with Crippen molar-refractivity contribution in [2.75, 3.05) is 0 Å². The minimum Gasteiger partial charge on any atom is -0.278 e. The van der Waals surface area contributed by atoms with E-state index in [4.69, 9.17) is 11.6 Å². The number of imide groups is 1. The van der Waals surface area contributed by atoms with Gasteiger partial charge < -0.3 is 0 Å². The van der Waals surface area contributed by atoms with E-state index in [-0.39, 0.29) is 24.2 Å². The highest BCUT2D eigenvalue weighted by molar-refractivity contribution is 6.30. The Kier molecular flexibility index (Phi) is 4.20. The van der Waals surface area contributed by atoms with Crippen LogP contribution in [0, 0.1) is 5.92 Å². The maximum absolute atomic E-state index is 12.5. The van der Waals surface area contributed by atoms with Crippen LogP contribution in [0.3, 0.4) is 0 Å². The molecule has 4 nitrogen and oxygen atoms in total. The van der Waals surface area contributed by atoms with Gasteiger partial charge in [-0.2, -0.15) is 0 Å². The number of pyridine rings is 1. The average Bonchev–Trinajstić information content (AvgIpc) is 2.78. The molecule has 0 spiro atoms. The second kappa shape index (κ2) is 6.28. The van der Waals surface area contributed by atoms with Gasteiger partial charge in [-0.25, -0.2) is 0 Å². The first kappa shape index (κ1) is 14.7. The first-order valence-electron chi connectivity index (χ1n) is 7.11. The molecule has 0 bridgehead atoms. The topological polar surface area (TPSA) is 50.3 Å². The summed E-state index contributed by atoms with van der Waals surface area (Å²) in [6.45, 7) is 0.294. The van der Waals surface area contributed by atoms with Gasteiger partial charge in [-0.15, -0.1) is 0 Å². The van der Waals surface area contributed by atoms with Gasteiger partial charge in [-0.3, -0.25) is 19.5 Å². The molecule has 0 N–H and O–H groups in total. The minimum atomic E-state index is -0.287. The van der Waals surface area contributed by atoms with E-state index in [2.05, 4.69) is 4.98 Å². The number of carbonyl (C=O) groups is 2. The van der Waals surface area contributed by atoms with E-state index in [1.807, 2.05) is 18.2 Å². The molecule has 1 atom stereocenters. The van der Waals surface area contributed by atoms with E-state index in [1.54, 1.807) is 30.6 Å². The van der Waals surface area contributed by atoms with E-state index < -0.39 is 0 Å². The molecular weight excluding hydrogens is 300 g/mol. The zero-order valence-electron chi connectivity index (χ0n) is 11.9. The third-order valence-electron chi connectivity index (χ3n) is 3.80. The van der Waals surface area contributed by atoms with Gasteiger partial charge in [0.25, 0.3) is 0 Å². The number of aromatic nitrogens is 1. The van der Waals surface area contributed by atoms with Gasteiger partial charge in [-0.05, 0) is 35.7 Å². The van der Waals surface area contributed by atoms with Crippen LogP contribution in [0.4, 0.5) is 0 Å². The van der Waals surface area contributed by atoms with Crippen molar-refractivity contribution in [2.45, 2.75) is 19.4 Å². The molecule has 2 aromatic rings. The van der Waals surface area contributed by atoms with Crippen LogP contribution in [0.2, 0.25) is 5.02 Å². The van der Waals surface area contributed by atoms with Gasteiger partial charge in [-0.1, -0.05) is 29.8 Å². The van der Waals surface area contributed by atoms with Crippen LogP contribution >= 0.6 is 11.6 Å². The molecule has 5 heteroatoms. The smallest absolute Gasteiger partial charge is 0.233 e. The molecule has 1 fully saturated rings. The standard InChI is InChI=1S/C17H15ClN2O2/c18-15-5-3-12(4-6-15)8-14-9-16(21)20(17(14)22)11-13-2-1-7-19-10-13/h1-7,10,14H,8-9,11H2. The van der Waals surface area contributed by atoms with E-state index in [0.29, 0.717) is 18.0 Å². The summed E-state index contributed by atoms with van der Waals surface area (Å²) in [6.07, 6.45) is 4.17. The van der Waals surface area contributed by atoms with Crippen LogP contribution in [0.25, 0.3) is 0 Å². The molecule has 22 heavy (non-hydrogen) atoms. The molecule has 2 heterocycles. The first-order valence-corrected chi connectivity index (χ1v) is 7.49. The highest BCUT2D eigenvalue weighted by Crippen LogP contribution is 2.25. The number of carbonyl (C=O) groups excluding carboxylic acids is 2. The summed E-state index contributed by atoms with van der Waals surface area (Å²) in [4.78, 5) is 29.9. The Hall–Kier alpha value is -2.20. The van der Waals surface area contributed by atoms with Crippen LogP contribution in [-0.2, 0) is 22.6 Å². The summed E-state index contributed by atoms with van der Waals surface area (Å²) in [5.74, 6) is -0.512. The van der Waals surface area contributed by atoms with Gasteiger partial charge in [0.05, 0.1) is 12.5 Å². The van der Waals surface area contributed by atoms with Crippen molar-refractivity contribution >= 4 is 23.4 Å². The summed E-state index contributed by atoms with van der Waals surface area (Å²) >= 11 is 5.86. The first-order chi connectivity index (χ1) is 10.6. The lowest BCUT2D eigenvalue weighted by Gasteiger charge is -2.14. The Morgan fingerprint density at radius 2 is 1.91 bits per heavy atom. The van der Waals surface area contributed by atoms with Crippen LogP contribution < -0.4 is 0 Å². The number of amides is 2. The Labute approximate surface area is 133 Å². The van der Waals surface area contributed by atoms with E-state index in [9.17, 15) is 9.59 Å². The van der Waals surface area contributed by atoms with E-state index >= 15 is 0 Å². The summed E-state index contributed by atoms with van der Waals surface area (Å²) in [7, 11) is 0. The van der Waals surface area contributed by atoms with Crippen LogP contribution in [0.1, 0.15) is 17.5 Å². The number of halogens is 1. The summed E-state index contributed by atoms with van der Waals surface area (Å²) in [6, 6.07) is 11.0. The molecule has 1 aliphatic rings. The van der Waals surface area contributed by atoms with Gasteiger partial charge in [0.2, 0.25) is 11.8 Å². The molecule has 112 valence electrons. The molecule has 0 saturated carbocycles. The average molecular weight is 315 g/mol. The Balaban J connectivity index is 1.70.